The molecule has 0 saturated heterocycles. The van der Waals surface area contributed by atoms with Crippen molar-refractivity contribution in [3.63, 3.8) is 0 Å². The molecular formula is C50H34. The zero-order valence-corrected chi connectivity index (χ0v) is 27.8. The van der Waals surface area contributed by atoms with Crippen molar-refractivity contribution in [3.05, 3.63) is 186 Å². The third-order valence-corrected chi connectivity index (χ3v) is 11.6. The van der Waals surface area contributed by atoms with E-state index in [2.05, 4.69) is 164 Å². The summed E-state index contributed by atoms with van der Waals surface area (Å²) in [4.78, 5) is 0. The summed E-state index contributed by atoms with van der Waals surface area (Å²) in [5.41, 5.74) is 14.9. The molecule has 8 aromatic rings. The molecule has 3 aliphatic carbocycles. The molecule has 0 bridgehead atoms. The maximum absolute atomic E-state index is 2.46. The minimum atomic E-state index is 0.346. The second-order valence-electron chi connectivity index (χ2n) is 14.3. The lowest BCUT2D eigenvalue weighted by molar-refractivity contribution is 0.865. The van der Waals surface area contributed by atoms with Crippen molar-refractivity contribution in [2.75, 3.05) is 0 Å². The van der Waals surface area contributed by atoms with Gasteiger partial charge in [-0.3, -0.25) is 0 Å². The monoisotopic (exact) mass is 634 g/mol. The average Bonchev–Trinajstić information content (AvgIpc) is 3.19. The summed E-state index contributed by atoms with van der Waals surface area (Å²) in [6.45, 7) is 0. The fourth-order valence-corrected chi connectivity index (χ4v) is 9.25. The Balaban J connectivity index is 0.958. The fourth-order valence-electron chi connectivity index (χ4n) is 9.25. The highest BCUT2D eigenvalue weighted by Gasteiger charge is 2.22. The van der Waals surface area contributed by atoms with Crippen LogP contribution in [0.3, 0.4) is 0 Å². The van der Waals surface area contributed by atoms with Crippen LogP contribution >= 0.6 is 0 Å². The van der Waals surface area contributed by atoms with Crippen LogP contribution in [-0.4, -0.2) is 0 Å². The molecule has 0 aliphatic heterocycles. The summed E-state index contributed by atoms with van der Waals surface area (Å²) < 4.78 is 0. The van der Waals surface area contributed by atoms with Crippen molar-refractivity contribution in [2.45, 2.75) is 25.2 Å². The zero-order valence-electron chi connectivity index (χ0n) is 27.8. The highest BCUT2D eigenvalue weighted by Crippen LogP contribution is 2.45. The Morgan fingerprint density at radius 3 is 2.12 bits per heavy atom. The molecule has 1 unspecified atom stereocenters. The first-order valence-corrected chi connectivity index (χ1v) is 18.0. The minimum absolute atomic E-state index is 0.346. The Kier molecular flexibility index (Phi) is 6.01. The maximum Gasteiger partial charge on any atom is 0.00623 e. The van der Waals surface area contributed by atoms with E-state index >= 15 is 0 Å². The molecule has 0 N–H and O–H groups in total. The van der Waals surface area contributed by atoms with Gasteiger partial charge in [0, 0.05) is 5.92 Å². The van der Waals surface area contributed by atoms with Gasteiger partial charge in [-0.2, -0.15) is 0 Å². The molecule has 0 spiro atoms. The minimum Gasteiger partial charge on any atom is -0.0795 e. The molecule has 0 aromatic heterocycles. The van der Waals surface area contributed by atoms with Crippen molar-refractivity contribution < 1.29 is 0 Å². The van der Waals surface area contributed by atoms with Crippen LogP contribution in [0.2, 0.25) is 0 Å². The van der Waals surface area contributed by atoms with Gasteiger partial charge in [-0.05, 0) is 130 Å². The molecule has 3 aliphatic rings. The topological polar surface area (TPSA) is 0 Å². The molecule has 0 fully saturated rings. The SMILES string of the molecule is C1=Cc2ccc3c(-c4cccc(-c5ccccc5C5=CCC(c6ccc7ccc8cccc9ccc6c7c89)C=C5)c4)ccc4c3c2C(=CC4)C1. The predicted octanol–water partition coefficient (Wildman–Crippen LogP) is 13.6. The number of benzene rings is 8. The van der Waals surface area contributed by atoms with Gasteiger partial charge in [0.15, 0.2) is 0 Å². The lowest BCUT2D eigenvalue weighted by Gasteiger charge is -2.24. The van der Waals surface area contributed by atoms with E-state index < -0.39 is 0 Å². The lowest BCUT2D eigenvalue weighted by Crippen LogP contribution is -2.03. The second-order valence-corrected chi connectivity index (χ2v) is 14.3. The summed E-state index contributed by atoms with van der Waals surface area (Å²) >= 11 is 0. The van der Waals surface area contributed by atoms with Crippen LogP contribution in [0.1, 0.15) is 46.6 Å². The van der Waals surface area contributed by atoms with Crippen molar-refractivity contribution in [2.24, 2.45) is 0 Å². The predicted molar refractivity (Wildman–Crippen MR) is 215 cm³/mol. The Morgan fingerprint density at radius 1 is 0.500 bits per heavy atom. The van der Waals surface area contributed by atoms with Crippen LogP contribution < -0.4 is 0 Å². The van der Waals surface area contributed by atoms with Gasteiger partial charge in [0.05, 0.1) is 0 Å². The summed E-state index contributed by atoms with van der Waals surface area (Å²) in [7, 11) is 0. The third-order valence-electron chi connectivity index (χ3n) is 11.6. The van der Waals surface area contributed by atoms with Gasteiger partial charge < -0.3 is 0 Å². The highest BCUT2D eigenvalue weighted by molar-refractivity contribution is 6.23. The molecule has 234 valence electrons. The van der Waals surface area contributed by atoms with E-state index in [0.29, 0.717) is 5.92 Å². The fraction of sp³-hybridized carbons (Fsp3) is 0.0800. The Morgan fingerprint density at radius 2 is 1.26 bits per heavy atom. The number of hydrogen-bond acceptors (Lipinski definition) is 0. The molecule has 0 heterocycles. The van der Waals surface area contributed by atoms with E-state index in [-0.39, 0.29) is 0 Å². The molecule has 50 heavy (non-hydrogen) atoms. The first-order chi connectivity index (χ1) is 24.8. The smallest absolute Gasteiger partial charge is 0.00623 e. The van der Waals surface area contributed by atoms with Gasteiger partial charge in [0.2, 0.25) is 0 Å². The van der Waals surface area contributed by atoms with Gasteiger partial charge in [-0.1, -0.05) is 158 Å². The van der Waals surface area contributed by atoms with Crippen LogP contribution in [0.15, 0.2) is 158 Å². The van der Waals surface area contributed by atoms with Crippen LogP contribution in [-0.2, 0) is 6.42 Å². The Hall–Kier alpha value is -5.98. The quantitative estimate of drug-likeness (QED) is 0.169. The van der Waals surface area contributed by atoms with Gasteiger partial charge in [-0.25, -0.2) is 0 Å². The van der Waals surface area contributed by atoms with Crippen molar-refractivity contribution in [3.8, 4) is 22.3 Å². The summed E-state index contributed by atoms with van der Waals surface area (Å²) in [6.07, 6.45) is 17.3. The number of rotatable bonds is 4. The van der Waals surface area contributed by atoms with E-state index in [1.54, 1.807) is 0 Å². The summed E-state index contributed by atoms with van der Waals surface area (Å²) in [5, 5.41) is 11.0. The third kappa shape index (κ3) is 4.12. The Labute approximate surface area is 292 Å². The summed E-state index contributed by atoms with van der Waals surface area (Å²) in [6, 6.07) is 48.0. The molecule has 0 amide bonds. The molecule has 0 nitrogen and oxygen atoms in total. The largest absolute Gasteiger partial charge is 0.0795 e. The van der Waals surface area contributed by atoms with Crippen molar-refractivity contribution >= 4 is 60.3 Å². The molecular weight excluding hydrogens is 601 g/mol. The molecule has 0 heteroatoms. The maximum atomic E-state index is 2.46. The van der Waals surface area contributed by atoms with E-state index in [1.807, 2.05) is 0 Å². The first-order valence-electron chi connectivity index (χ1n) is 18.0. The Bertz CT molecular complexity index is 2820. The lowest BCUT2D eigenvalue weighted by atomic mass is 9.79. The van der Waals surface area contributed by atoms with Gasteiger partial charge in [0.1, 0.15) is 0 Å². The van der Waals surface area contributed by atoms with Crippen LogP contribution in [0.25, 0.3) is 82.6 Å². The van der Waals surface area contributed by atoms with Gasteiger partial charge in [0.25, 0.3) is 0 Å². The highest BCUT2D eigenvalue weighted by atomic mass is 14.3. The van der Waals surface area contributed by atoms with Gasteiger partial charge >= 0.3 is 0 Å². The van der Waals surface area contributed by atoms with Crippen LogP contribution in [0.4, 0.5) is 0 Å². The molecule has 0 saturated carbocycles. The van der Waals surface area contributed by atoms with E-state index in [9.17, 15) is 0 Å². The van der Waals surface area contributed by atoms with E-state index in [0.717, 1.165) is 19.3 Å². The van der Waals surface area contributed by atoms with Crippen molar-refractivity contribution in [1.29, 1.82) is 0 Å². The standard InChI is InChI=1S/C50H34/c1-2-13-42(39-10-5-11-40(30-39)44-27-23-38-21-19-34-7-4-9-36-25-29-46(44)50(38)48(34)36)41(12-1)31-14-16-32(17-15-31)43-26-22-37-20-18-33-6-3-8-35-24-28-45(43)49(37)47(33)35/h1-6,8-16,18-20,22-30,32H,7,17,21H2. The molecule has 0 radical (unpaired) electrons. The average molecular weight is 635 g/mol. The molecule has 1 atom stereocenters. The van der Waals surface area contributed by atoms with Gasteiger partial charge in [-0.15, -0.1) is 0 Å². The second kappa shape index (κ2) is 10.8. The molecule has 11 rings (SSSR count). The number of hydrogen-bond donors (Lipinski definition) is 0. The van der Waals surface area contributed by atoms with Crippen molar-refractivity contribution in [1.82, 2.24) is 0 Å². The van der Waals surface area contributed by atoms with E-state index in [4.69, 9.17) is 0 Å². The normalized spacial score (nSPS) is 16.4. The van der Waals surface area contributed by atoms with E-state index in [1.165, 1.54) is 104 Å². The summed E-state index contributed by atoms with van der Waals surface area (Å²) in [5.74, 6) is 0.346. The molecule has 8 aromatic carbocycles. The van der Waals surface area contributed by atoms with Crippen LogP contribution in [0, 0.1) is 0 Å². The zero-order chi connectivity index (χ0) is 32.8. The van der Waals surface area contributed by atoms with Crippen LogP contribution in [0.5, 0.6) is 0 Å². The first kappa shape index (κ1) is 27.9. The number of allylic oxidation sites excluding steroid dienone is 7.